The van der Waals surface area contributed by atoms with Crippen LogP contribution in [0.5, 0.6) is 0 Å². The molecule has 2 amide bonds. The molecule has 0 spiro atoms. The molecule has 0 aliphatic carbocycles. The smallest absolute Gasteiger partial charge is 0.249 e. The van der Waals surface area contributed by atoms with Crippen LogP contribution in [-0.4, -0.2) is 39.3 Å². The summed E-state index contributed by atoms with van der Waals surface area (Å²) in [4.78, 5) is 24.2. The highest BCUT2D eigenvalue weighted by Gasteiger charge is 2.27. The molecule has 2 atom stereocenters. The van der Waals surface area contributed by atoms with Gasteiger partial charge in [0.25, 0.3) is 0 Å². The lowest BCUT2D eigenvalue weighted by Crippen LogP contribution is -2.47. The normalized spacial score (nSPS) is 13.9. The minimum Gasteiger partial charge on any atom is -0.383 e. The van der Waals surface area contributed by atoms with E-state index in [2.05, 4.69) is 20.8 Å². The maximum absolute atomic E-state index is 13.2. The lowest BCUT2D eigenvalue weighted by Gasteiger charge is -2.22. The van der Waals surface area contributed by atoms with Gasteiger partial charge in [-0.3, -0.25) is 14.7 Å². The number of hydrogen-bond acceptors (Lipinski definition) is 4. The average molecular weight is 390 g/mol. The minimum absolute atomic E-state index is 0.251. The summed E-state index contributed by atoms with van der Waals surface area (Å²) in [5, 5.41) is 21.9. The van der Waals surface area contributed by atoms with E-state index in [1.807, 2.05) is 13.8 Å². The van der Waals surface area contributed by atoms with E-state index in [1.165, 1.54) is 19.1 Å². The Kier molecular flexibility index (Phi) is 6.56. The van der Waals surface area contributed by atoms with Crippen LogP contribution in [0.2, 0.25) is 0 Å². The van der Waals surface area contributed by atoms with Gasteiger partial charge in [-0.15, -0.1) is 0 Å². The summed E-state index contributed by atoms with van der Waals surface area (Å²) < 4.78 is 13.2. The lowest BCUT2D eigenvalue weighted by atomic mass is 9.81. The summed E-state index contributed by atoms with van der Waals surface area (Å²) in [7, 11) is 0. The molecule has 1 aromatic carbocycles. The second-order valence-corrected chi connectivity index (χ2v) is 7.71. The van der Waals surface area contributed by atoms with Gasteiger partial charge in [-0.2, -0.15) is 5.10 Å². The van der Waals surface area contributed by atoms with Crippen LogP contribution in [0.3, 0.4) is 0 Å². The maximum Gasteiger partial charge on any atom is 0.249 e. The van der Waals surface area contributed by atoms with Crippen LogP contribution in [0.15, 0.2) is 30.3 Å². The Balaban J connectivity index is 2.04. The number of aliphatic hydroxyl groups is 1. The predicted molar refractivity (Wildman–Crippen MR) is 104 cm³/mol. The zero-order chi connectivity index (χ0) is 21.1. The number of nitrogens with zero attached hydrogens (tertiary/aromatic N) is 1. The molecule has 0 bridgehead atoms. The van der Waals surface area contributed by atoms with Crippen molar-refractivity contribution in [1.29, 1.82) is 0 Å². The van der Waals surface area contributed by atoms with Crippen molar-refractivity contribution in [3.8, 4) is 0 Å². The van der Waals surface area contributed by atoms with Crippen LogP contribution in [0.4, 0.5) is 10.2 Å². The maximum atomic E-state index is 13.2. The molecular weight excluding hydrogens is 363 g/mol. The summed E-state index contributed by atoms with van der Waals surface area (Å²) in [6.45, 7) is 8.84. The van der Waals surface area contributed by atoms with Gasteiger partial charge in [0, 0.05) is 11.5 Å². The lowest BCUT2D eigenvalue weighted by molar-refractivity contribution is -0.134. The number of anilines is 1. The number of aromatic nitrogens is 2. The van der Waals surface area contributed by atoms with Gasteiger partial charge in [-0.1, -0.05) is 39.8 Å². The number of halogens is 1. The van der Waals surface area contributed by atoms with Crippen molar-refractivity contribution in [2.24, 2.45) is 5.92 Å². The molecule has 0 aliphatic rings. The van der Waals surface area contributed by atoms with Gasteiger partial charge in [0.2, 0.25) is 11.8 Å². The van der Waals surface area contributed by atoms with Crippen LogP contribution in [0, 0.1) is 11.7 Å². The Labute approximate surface area is 163 Å². The van der Waals surface area contributed by atoms with Crippen molar-refractivity contribution < 1.29 is 19.1 Å². The summed E-state index contributed by atoms with van der Waals surface area (Å²) >= 11 is 0. The molecule has 8 heteroatoms. The van der Waals surface area contributed by atoms with Gasteiger partial charge < -0.3 is 15.7 Å². The highest BCUT2D eigenvalue weighted by Crippen LogP contribution is 2.31. The number of nitrogens with one attached hydrogen (secondary N) is 3. The highest BCUT2D eigenvalue weighted by molar-refractivity contribution is 5.96. The number of aromatic amines is 1. The Morgan fingerprint density at radius 3 is 2.32 bits per heavy atom. The van der Waals surface area contributed by atoms with E-state index in [4.69, 9.17) is 0 Å². The van der Waals surface area contributed by atoms with Crippen molar-refractivity contribution in [2.45, 2.75) is 52.2 Å². The van der Waals surface area contributed by atoms with Gasteiger partial charge >= 0.3 is 0 Å². The van der Waals surface area contributed by atoms with Crippen LogP contribution >= 0.6 is 0 Å². The third kappa shape index (κ3) is 4.95. The van der Waals surface area contributed by atoms with Gasteiger partial charge in [0.05, 0.1) is 5.69 Å². The van der Waals surface area contributed by atoms with Crippen molar-refractivity contribution in [2.75, 3.05) is 5.32 Å². The monoisotopic (exact) mass is 390 g/mol. The molecule has 1 aromatic heterocycles. The zero-order valence-corrected chi connectivity index (χ0v) is 16.7. The van der Waals surface area contributed by atoms with E-state index in [0.29, 0.717) is 11.5 Å². The number of aliphatic hydroxyl groups excluding tert-OH is 1. The number of hydrogen-bond donors (Lipinski definition) is 4. The number of carbonyl (C=O) groups is 2. The van der Waals surface area contributed by atoms with E-state index >= 15 is 0 Å². The predicted octanol–water partition coefficient (Wildman–Crippen LogP) is 2.33. The molecule has 0 radical (unpaired) electrons. The first-order valence-electron chi connectivity index (χ1n) is 9.13. The molecular formula is C20H27FN4O3. The summed E-state index contributed by atoms with van der Waals surface area (Å²) in [5.74, 6) is -1.23. The molecule has 152 valence electrons. The van der Waals surface area contributed by atoms with Gasteiger partial charge in [0.1, 0.15) is 23.8 Å². The third-order valence-electron chi connectivity index (χ3n) is 4.69. The molecule has 0 unspecified atom stereocenters. The number of amides is 2. The van der Waals surface area contributed by atoms with E-state index in [0.717, 1.165) is 5.56 Å². The van der Waals surface area contributed by atoms with Crippen molar-refractivity contribution in [3.05, 3.63) is 47.4 Å². The van der Waals surface area contributed by atoms with Crippen LogP contribution in [0.25, 0.3) is 0 Å². The molecule has 0 saturated carbocycles. The third-order valence-corrected chi connectivity index (χ3v) is 4.69. The van der Waals surface area contributed by atoms with E-state index in [-0.39, 0.29) is 11.7 Å². The Bertz CT molecular complexity index is 830. The quantitative estimate of drug-likeness (QED) is 0.582. The molecule has 28 heavy (non-hydrogen) atoms. The molecule has 4 N–H and O–H groups in total. The first-order chi connectivity index (χ1) is 13.0. The number of carbonyl (C=O) groups excluding carboxylic acids is 2. The van der Waals surface area contributed by atoms with Crippen LogP contribution in [-0.2, 0) is 15.0 Å². The SMILES string of the molecule is CC(C)[C@H](O)C(=O)N[C@@H](C)C(=O)Nc1cc(C(C)(C)c2ccc(F)cc2)n[nH]1. The fourth-order valence-electron chi connectivity index (χ4n) is 2.63. The highest BCUT2D eigenvalue weighted by atomic mass is 19.1. The topological polar surface area (TPSA) is 107 Å². The van der Waals surface area contributed by atoms with E-state index in [9.17, 15) is 19.1 Å². The van der Waals surface area contributed by atoms with Crippen LogP contribution < -0.4 is 10.6 Å². The molecule has 0 saturated heterocycles. The van der Waals surface area contributed by atoms with Crippen molar-refractivity contribution in [3.63, 3.8) is 0 Å². The first-order valence-corrected chi connectivity index (χ1v) is 9.13. The van der Waals surface area contributed by atoms with E-state index in [1.54, 1.807) is 32.0 Å². The Morgan fingerprint density at radius 2 is 1.75 bits per heavy atom. The molecule has 2 rings (SSSR count). The van der Waals surface area contributed by atoms with Gasteiger partial charge in [0.15, 0.2) is 0 Å². The molecule has 2 aromatic rings. The number of H-pyrrole nitrogens is 1. The summed E-state index contributed by atoms with van der Waals surface area (Å²) in [6.07, 6.45) is -1.18. The van der Waals surface area contributed by atoms with E-state index < -0.39 is 29.4 Å². The average Bonchev–Trinajstić information content (AvgIpc) is 3.10. The first kappa shape index (κ1) is 21.6. The largest absolute Gasteiger partial charge is 0.383 e. The van der Waals surface area contributed by atoms with Gasteiger partial charge in [-0.25, -0.2) is 4.39 Å². The molecule has 7 nitrogen and oxygen atoms in total. The second-order valence-electron chi connectivity index (χ2n) is 7.71. The minimum atomic E-state index is -1.18. The van der Waals surface area contributed by atoms with Crippen molar-refractivity contribution >= 4 is 17.6 Å². The molecule has 0 fully saturated rings. The molecule has 0 aliphatic heterocycles. The second kappa shape index (κ2) is 8.52. The number of rotatable bonds is 7. The molecule has 1 heterocycles. The zero-order valence-electron chi connectivity index (χ0n) is 16.7. The Morgan fingerprint density at radius 1 is 1.14 bits per heavy atom. The van der Waals surface area contributed by atoms with Gasteiger partial charge in [-0.05, 0) is 30.5 Å². The number of benzene rings is 1. The summed E-state index contributed by atoms with van der Waals surface area (Å²) in [5.41, 5.74) is 1.04. The van der Waals surface area contributed by atoms with Crippen LogP contribution in [0.1, 0.15) is 45.9 Å². The van der Waals surface area contributed by atoms with Crippen molar-refractivity contribution in [1.82, 2.24) is 15.5 Å². The Hall–Kier alpha value is -2.74. The summed E-state index contributed by atoms with van der Waals surface area (Å²) in [6, 6.07) is 7.03. The fraction of sp³-hybridized carbons (Fsp3) is 0.450. The standard InChI is InChI=1S/C20H27FN4O3/c1-11(2)17(26)19(28)22-12(3)18(27)23-16-10-15(24-25-16)20(4,5)13-6-8-14(21)9-7-13/h6-12,17,26H,1-5H3,(H,22,28)(H2,23,24,25,27)/t12-,17-/m0/s1. The fourth-order valence-corrected chi connectivity index (χ4v) is 2.63.